The van der Waals surface area contributed by atoms with Gasteiger partial charge in [0.05, 0.1) is 0 Å². The number of pyridine rings is 1. The number of rotatable bonds is 5. The van der Waals surface area contributed by atoms with Crippen LogP contribution in [0.2, 0.25) is 0 Å². The van der Waals surface area contributed by atoms with Gasteiger partial charge in [0.1, 0.15) is 0 Å². The molecule has 3 heterocycles. The van der Waals surface area contributed by atoms with Crippen LogP contribution in [0.5, 0.6) is 0 Å². The number of nitrogens with zero attached hydrogens (tertiary/aromatic N) is 2. The Hall–Kier alpha value is -6.85. The minimum Gasteiger partial charge on any atom is -0.310 e. The van der Waals surface area contributed by atoms with Crippen LogP contribution in [-0.4, -0.2) is 4.98 Å². The van der Waals surface area contributed by atoms with Crippen LogP contribution in [0.3, 0.4) is 0 Å². The van der Waals surface area contributed by atoms with E-state index in [0.717, 1.165) is 22.4 Å². The van der Waals surface area contributed by atoms with Crippen LogP contribution in [0.25, 0.3) is 94.9 Å². The van der Waals surface area contributed by atoms with Crippen molar-refractivity contribution in [1.29, 1.82) is 0 Å². The van der Waals surface area contributed by atoms with Gasteiger partial charge in [0, 0.05) is 75.2 Å². The normalized spacial score (nSPS) is 11.9. The van der Waals surface area contributed by atoms with E-state index in [1.54, 1.807) is 0 Å². The fraction of sp³-hybridized carbons (Fsp3) is 0. The monoisotopic (exact) mass is 760 g/mol. The van der Waals surface area contributed by atoms with Crippen molar-refractivity contribution in [1.82, 2.24) is 4.98 Å². The second-order valence-corrected chi connectivity index (χ2v) is 16.9. The average molecular weight is 761 g/mol. The lowest BCUT2D eigenvalue weighted by Gasteiger charge is -2.26. The largest absolute Gasteiger partial charge is 0.310 e. The van der Waals surface area contributed by atoms with Crippen LogP contribution in [0, 0.1) is 0 Å². The molecular formula is C53H32N2S2. The SMILES string of the molecule is c1ccc2c(c1)sc1c3ccc(N(c4ccc(-c5ccc(-c6ccc7ccncc7c6)cc5)cc4)c4ccc5c(ccc6c7ccccc7sc56)c4)cc3ccc21. The van der Waals surface area contributed by atoms with E-state index in [1.807, 2.05) is 35.1 Å². The van der Waals surface area contributed by atoms with E-state index < -0.39 is 0 Å². The number of benzene rings is 9. The molecule has 0 saturated heterocycles. The summed E-state index contributed by atoms with van der Waals surface area (Å²) in [4.78, 5) is 6.73. The lowest BCUT2D eigenvalue weighted by atomic mass is 9.98. The maximum atomic E-state index is 4.32. The summed E-state index contributed by atoms with van der Waals surface area (Å²) in [6.45, 7) is 0. The van der Waals surface area contributed by atoms with Crippen molar-refractivity contribution in [3.63, 3.8) is 0 Å². The number of anilines is 3. The molecule has 0 atom stereocenters. The molecule has 0 saturated carbocycles. The number of fused-ring (bicyclic) bond motifs is 11. The summed E-state index contributed by atoms with van der Waals surface area (Å²) < 4.78 is 5.35. The maximum Gasteiger partial charge on any atom is 0.0468 e. The van der Waals surface area contributed by atoms with E-state index in [9.17, 15) is 0 Å². The molecule has 0 aliphatic rings. The first-order chi connectivity index (χ1) is 28.2. The highest BCUT2D eigenvalue weighted by Gasteiger charge is 2.17. The van der Waals surface area contributed by atoms with Gasteiger partial charge >= 0.3 is 0 Å². The van der Waals surface area contributed by atoms with Crippen molar-refractivity contribution >= 4 is 112 Å². The minimum absolute atomic E-state index is 1.12. The highest BCUT2D eigenvalue weighted by atomic mass is 32.1. The molecular weight excluding hydrogens is 729 g/mol. The first kappa shape index (κ1) is 32.4. The van der Waals surface area contributed by atoms with Crippen molar-refractivity contribution in [2.24, 2.45) is 0 Å². The quantitative estimate of drug-likeness (QED) is 0.174. The summed E-state index contributed by atoms with van der Waals surface area (Å²) in [5.41, 5.74) is 8.14. The molecule has 0 bridgehead atoms. The van der Waals surface area contributed by atoms with E-state index in [4.69, 9.17) is 0 Å². The molecule has 4 heteroatoms. The third kappa shape index (κ3) is 5.33. The average Bonchev–Trinajstić information content (AvgIpc) is 3.86. The van der Waals surface area contributed by atoms with Crippen molar-refractivity contribution in [2.45, 2.75) is 0 Å². The van der Waals surface area contributed by atoms with Crippen LogP contribution in [0.15, 0.2) is 194 Å². The predicted molar refractivity (Wildman–Crippen MR) is 248 cm³/mol. The molecule has 0 aliphatic carbocycles. The van der Waals surface area contributed by atoms with Gasteiger partial charge in [-0.3, -0.25) is 4.98 Å². The zero-order valence-electron chi connectivity index (χ0n) is 30.7. The number of thiophene rings is 2. The molecule has 0 radical (unpaired) electrons. The molecule has 3 aromatic heterocycles. The molecule has 0 unspecified atom stereocenters. The fourth-order valence-electron chi connectivity index (χ4n) is 8.65. The Balaban J connectivity index is 0.957. The van der Waals surface area contributed by atoms with Crippen LogP contribution in [0.1, 0.15) is 0 Å². The van der Waals surface area contributed by atoms with Crippen molar-refractivity contribution in [3.05, 3.63) is 194 Å². The van der Waals surface area contributed by atoms with Gasteiger partial charge in [-0.05, 0) is 110 Å². The lowest BCUT2D eigenvalue weighted by Crippen LogP contribution is -2.09. The molecule has 0 amide bonds. The summed E-state index contributed by atoms with van der Waals surface area (Å²) in [5.74, 6) is 0. The molecule has 0 N–H and O–H groups in total. The van der Waals surface area contributed by atoms with Gasteiger partial charge in [-0.2, -0.15) is 0 Å². The Morgan fingerprint density at radius 2 is 0.807 bits per heavy atom. The van der Waals surface area contributed by atoms with E-state index >= 15 is 0 Å². The molecule has 0 fully saturated rings. The number of hydrogen-bond acceptors (Lipinski definition) is 4. The molecule has 57 heavy (non-hydrogen) atoms. The third-order valence-corrected chi connectivity index (χ3v) is 14.0. The lowest BCUT2D eigenvalue weighted by molar-refractivity contribution is 1.29. The molecule has 0 aliphatic heterocycles. The molecule has 9 aromatic carbocycles. The molecule has 266 valence electrons. The van der Waals surface area contributed by atoms with E-state index in [0.29, 0.717) is 0 Å². The summed E-state index contributed by atoms with van der Waals surface area (Å²) in [6.07, 6.45) is 3.78. The zero-order valence-corrected chi connectivity index (χ0v) is 32.3. The summed E-state index contributed by atoms with van der Waals surface area (Å²) in [6, 6.07) is 67.2. The standard InChI is InChI=1S/C53H32N2S2/c1-3-7-50-46(5-1)48-23-17-38-30-42(21-25-44(38)52(48)56-50)55(43-22-26-45-39(31-43)18-24-49-47-6-2-4-8-51(47)57-53(45)49)41-19-15-34(16-20-41)33-9-11-35(12-10-33)37-14-13-36-27-28-54-32-40(36)29-37/h1-32H. The second kappa shape index (κ2) is 12.9. The second-order valence-electron chi connectivity index (χ2n) is 14.8. The topological polar surface area (TPSA) is 16.1 Å². The van der Waals surface area contributed by atoms with Gasteiger partial charge in [-0.15, -0.1) is 22.7 Å². The van der Waals surface area contributed by atoms with Crippen molar-refractivity contribution in [3.8, 4) is 22.3 Å². The first-order valence-electron chi connectivity index (χ1n) is 19.2. The minimum atomic E-state index is 1.12. The Morgan fingerprint density at radius 3 is 1.40 bits per heavy atom. The third-order valence-electron chi connectivity index (χ3n) is 11.5. The van der Waals surface area contributed by atoms with Gasteiger partial charge in [-0.1, -0.05) is 121 Å². The van der Waals surface area contributed by atoms with E-state index in [2.05, 4.69) is 192 Å². The van der Waals surface area contributed by atoms with Gasteiger partial charge < -0.3 is 4.90 Å². The number of aromatic nitrogens is 1. The first-order valence-corrected chi connectivity index (χ1v) is 20.9. The van der Waals surface area contributed by atoms with Gasteiger partial charge in [0.15, 0.2) is 0 Å². The van der Waals surface area contributed by atoms with E-state index in [-0.39, 0.29) is 0 Å². The molecule has 2 nitrogen and oxygen atoms in total. The zero-order chi connectivity index (χ0) is 37.5. The highest BCUT2D eigenvalue weighted by molar-refractivity contribution is 7.27. The number of hydrogen-bond donors (Lipinski definition) is 0. The Kier molecular flexibility index (Phi) is 7.31. The van der Waals surface area contributed by atoms with Gasteiger partial charge in [-0.25, -0.2) is 0 Å². The summed E-state index contributed by atoms with van der Waals surface area (Å²) >= 11 is 3.77. The van der Waals surface area contributed by atoms with Crippen molar-refractivity contribution in [2.75, 3.05) is 4.90 Å². The maximum absolute atomic E-state index is 4.32. The Bertz CT molecular complexity index is 3370. The summed E-state index contributed by atoms with van der Waals surface area (Å²) in [7, 11) is 0. The van der Waals surface area contributed by atoms with Crippen LogP contribution < -0.4 is 4.90 Å². The van der Waals surface area contributed by atoms with Crippen LogP contribution >= 0.6 is 22.7 Å². The molecule has 12 aromatic rings. The molecule has 0 spiro atoms. The smallest absolute Gasteiger partial charge is 0.0468 e. The summed E-state index contributed by atoms with van der Waals surface area (Å²) in [5, 5.41) is 12.7. The Morgan fingerprint density at radius 1 is 0.333 bits per heavy atom. The van der Waals surface area contributed by atoms with Gasteiger partial charge in [0.2, 0.25) is 0 Å². The predicted octanol–water partition coefficient (Wildman–Crippen LogP) is 16.1. The van der Waals surface area contributed by atoms with Crippen LogP contribution in [0.4, 0.5) is 17.1 Å². The molecule has 12 rings (SSSR count). The van der Waals surface area contributed by atoms with Gasteiger partial charge in [0.25, 0.3) is 0 Å². The Labute approximate surface area is 337 Å². The van der Waals surface area contributed by atoms with Crippen LogP contribution in [-0.2, 0) is 0 Å². The fourth-order valence-corrected chi connectivity index (χ4v) is 11.1. The van der Waals surface area contributed by atoms with Crippen molar-refractivity contribution < 1.29 is 0 Å². The van der Waals surface area contributed by atoms with E-state index in [1.165, 1.54) is 89.5 Å². The highest BCUT2D eigenvalue weighted by Crippen LogP contribution is 2.44.